The van der Waals surface area contributed by atoms with Gasteiger partial charge in [0.2, 0.25) is 0 Å². The Morgan fingerprint density at radius 3 is 2.84 bits per heavy atom. The number of methoxy groups -OCH3 is 1. The summed E-state index contributed by atoms with van der Waals surface area (Å²) in [6.45, 7) is 2.11. The fourth-order valence-corrected chi connectivity index (χ4v) is 2.99. The molecule has 2 aromatic carbocycles. The summed E-state index contributed by atoms with van der Waals surface area (Å²) in [7, 11) is 1.62. The van der Waals surface area contributed by atoms with Crippen molar-refractivity contribution in [3.63, 3.8) is 0 Å². The second-order valence-electron chi connectivity index (χ2n) is 6.31. The number of carbonyl (C=O) groups is 2. The molecule has 1 unspecified atom stereocenters. The van der Waals surface area contributed by atoms with E-state index >= 15 is 0 Å². The van der Waals surface area contributed by atoms with Crippen molar-refractivity contribution in [3.05, 3.63) is 65.2 Å². The SMILES string of the molecule is COc1cccc(CCNC(=O)C2(C)Cc3ccccc3C(=O)O2)c1. The molecular weight excluding hydrogens is 318 g/mol. The van der Waals surface area contributed by atoms with Crippen molar-refractivity contribution in [1.82, 2.24) is 5.32 Å². The molecular formula is C20H21NO4. The Balaban J connectivity index is 1.62. The number of ether oxygens (including phenoxy) is 2. The molecule has 0 aliphatic carbocycles. The van der Waals surface area contributed by atoms with Crippen molar-refractivity contribution in [3.8, 4) is 5.75 Å². The van der Waals surface area contributed by atoms with Crippen LogP contribution in [-0.2, 0) is 22.4 Å². The summed E-state index contributed by atoms with van der Waals surface area (Å²) >= 11 is 0. The molecule has 0 spiro atoms. The van der Waals surface area contributed by atoms with Gasteiger partial charge in [0.05, 0.1) is 12.7 Å². The van der Waals surface area contributed by atoms with E-state index in [4.69, 9.17) is 9.47 Å². The van der Waals surface area contributed by atoms with Gasteiger partial charge in [0.25, 0.3) is 5.91 Å². The summed E-state index contributed by atoms with van der Waals surface area (Å²) in [6, 6.07) is 14.9. The summed E-state index contributed by atoms with van der Waals surface area (Å²) in [5, 5.41) is 2.87. The molecule has 1 atom stereocenters. The fraction of sp³-hybridized carbons (Fsp3) is 0.300. The van der Waals surface area contributed by atoms with Gasteiger partial charge in [-0.15, -0.1) is 0 Å². The summed E-state index contributed by atoms with van der Waals surface area (Å²) in [4.78, 5) is 24.7. The zero-order valence-corrected chi connectivity index (χ0v) is 14.4. The van der Waals surface area contributed by atoms with Gasteiger partial charge in [0, 0.05) is 13.0 Å². The van der Waals surface area contributed by atoms with Crippen molar-refractivity contribution >= 4 is 11.9 Å². The molecule has 1 heterocycles. The number of carbonyl (C=O) groups excluding carboxylic acids is 2. The maximum absolute atomic E-state index is 12.6. The van der Waals surface area contributed by atoms with E-state index in [1.165, 1.54) is 0 Å². The standard InChI is InChI=1S/C20H21NO4/c1-20(13-15-7-3-4-9-17(15)18(22)25-20)19(23)21-11-10-14-6-5-8-16(12-14)24-2/h3-9,12H,10-11,13H2,1-2H3,(H,21,23). The van der Waals surface area contributed by atoms with Crippen LogP contribution < -0.4 is 10.1 Å². The average Bonchev–Trinajstić information content (AvgIpc) is 2.61. The highest BCUT2D eigenvalue weighted by molar-refractivity contribution is 5.97. The third-order valence-electron chi connectivity index (χ3n) is 4.40. The summed E-state index contributed by atoms with van der Waals surface area (Å²) in [5.74, 6) is 0.0548. The predicted molar refractivity (Wildman–Crippen MR) is 93.7 cm³/mol. The minimum Gasteiger partial charge on any atom is -0.497 e. The first kappa shape index (κ1) is 17.0. The van der Waals surface area contributed by atoms with E-state index < -0.39 is 11.6 Å². The number of rotatable bonds is 5. The highest BCUT2D eigenvalue weighted by Crippen LogP contribution is 2.28. The Bertz CT molecular complexity index is 802. The molecule has 0 radical (unpaired) electrons. The van der Waals surface area contributed by atoms with Crippen LogP contribution in [0.4, 0.5) is 0 Å². The summed E-state index contributed by atoms with van der Waals surface area (Å²) < 4.78 is 10.6. The number of amides is 1. The fourth-order valence-electron chi connectivity index (χ4n) is 2.99. The second kappa shape index (κ2) is 6.97. The summed E-state index contributed by atoms with van der Waals surface area (Å²) in [6.07, 6.45) is 1.05. The van der Waals surface area contributed by atoms with Gasteiger partial charge >= 0.3 is 5.97 Å². The molecule has 1 amide bonds. The van der Waals surface area contributed by atoms with Crippen LogP contribution in [0.15, 0.2) is 48.5 Å². The Labute approximate surface area is 147 Å². The second-order valence-corrected chi connectivity index (χ2v) is 6.31. The Hall–Kier alpha value is -2.82. The van der Waals surface area contributed by atoms with Gasteiger partial charge in [-0.2, -0.15) is 0 Å². The molecule has 5 nitrogen and oxygen atoms in total. The van der Waals surface area contributed by atoms with Gasteiger partial charge in [-0.05, 0) is 42.7 Å². The van der Waals surface area contributed by atoms with Crippen LogP contribution in [0.5, 0.6) is 5.75 Å². The first-order chi connectivity index (χ1) is 12.0. The lowest BCUT2D eigenvalue weighted by atomic mass is 9.89. The normalized spacial score (nSPS) is 18.9. The maximum Gasteiger partial charge on any atom is 0.339 e. The van der Waals surface area contributed by atoms with Crippen molar-refractivity contribution in [2.24, 2.45) is 0 Å². The molecule has 1 N–H and O–H groups in total. The Morgan fingerprint density at radius 1 is 1.24 bits per heavy atom. The molecule has 5 heteroatoms. The van der Waals surface area contributed by atoms with E-state index in [1.807, 2.05) is 36.4 Å². The molecule has 0 aromatic heterocycles. The number of hydrogen-bond donors (Lipinski definition) is 1. The molecule has 0 saturated heterocycles. The van der Waals surface area contributed by atoms with Crippen molar-refractivity contribution < 1.29 is 19.1 Å². The highest BCUT2D eigenvalue weighted by atomic mass is 16.6. The lowest BCUT2D eigenvalue weighted by Gasteiger charge is -2.33. The van der Waals surface area contributed by atoms with Gasteiger partial charge < -0.3 is 14.8 Å². The van der Waals surface area contributed by atoms with Gasteiger partial charge in [0.1, 0.15) is 5.75 Å². The average molecular weight is 339 g/mol. The van der Waals surface area contributed by atoms with Crippen LogP contribution in [0.2, 0.25) is 0 Å². The van der Waals surface area contributed by atoms with Crippen molar-refractivity contribution in [2.45, 2.75) is 25.4 Å². The third-order valence-corrected chi connectivity index (χ3v) is 4.40. The number of fused-ring (bicyclic) bond motifs is 1. The largest absolute Gasteiger partial charge is 0.497 e. The van der Waals surface area contributed by atoms with Crippen LogP contribution in [0.3, 0.4) is 0 Å². The van der Waals surface area contributed by atoms with E-state index in [-0.39, 0.29) is 5.91 Å². The third kappa shape index (κ3) is 3.65. The molecule has 2 aromatic rings. The predicted octanol–water partition coefficient (Wildman–Crippen LogP) is 2.53. The number of hydrogen-bond acceptors (Lipinski definition) is 4. The minimum atomic E-state index is -1.18. The summed E-state index contributed by atoms with van der Waals surface area (Å²) in [5.41, 5.74) is 1.25. The van der Waals surface area contributed by atoms with Gasteiger partial charge in [0.15, 0.2) is 5.60 Å². The lowest BCUT2D eigenvalue weighted by molar-refractivity contribution is -0.139. The van der Waals surface area contributed by atoms with Crippen LogP contribution in [-0.4, -0.2) is 31.1 Å². The zero-order chi connectivity index (χ0) is 17.9. The van der Waals surface area contributed by atoms with Crippen molar-refractivity contribution in [2.75, 3.05) is 13.7 Å². The van der Waals surface area contributed by atoms with E-state index in [9.17, 15) is 9.59 Å². The molecule has 1 aliphatic heterocycles. The minimum absolute atomic E-state index is 0.279. The van der Waals surface area contributed by atoms with Gasteiger partial charge in [-0.1, -0.05) is 30.3 Å². The van der Waals surface area contributed by atoms with Crippen LogP contribution in [0, 0.1) is 0 Å². The van der Waals surface area contributed by atoms with Crippen molar-refractivity contribution in [1.29, 1.82) is 0 Å². The zero-order valence-electron chi connectivity index (χ0n) is 14.4. The highest BCUT2D eigenvalue weighted by Gasteiger charge is 2.42. The molecule has 130 valence electrons. The van der Waals surface area contributed by atoms with E-state index in [2.05, 4.69) is 5.32 Å². The number of cyclic esters (lactones) is 1. The molecule has 0 fully saturated rings. The molecule has 0 bridgehead atoms. The van der Waals surface area contributed by atoms with Gasteiger partial charge in [-0.3, -0.25) is 4.79 Å². The first-order valence-electron chi connectivity index (χ1n) is 8.24. The Kier molecular flexibility index (Phi) is 4.74. The molecule has 3 rings (SSSR count). The number of benzene rings is 2. The smallest absolute Gasteiger partial charge is 0.339 e. The monoisotopic (exact) mass is 339 g/mol. The molecule has 1 aliphatic rings. The molecule has 25 heavy (non-hydrogen) atoms. The van der Waals surface area contributed by atoms with E-state index in [0.29, 0.717) is 24.9 Å². The van der Waals surface area contributed by atoms with Crippen LogP contribution in [0.25, 0.3) is 0 Å². The topological polar surface area (TPSA) is 64.6 Å². The van der Waals surface area contributed by atoms with Crippen LogP contribution in [0.1, 0.15) is 28.4 Å². The number of esters is 1. The first-order valence-corrected chi connectivity index (χ1v) is 8.24. The number of nitrogens with one attached hydrogen (secondary N) is 1. The van der Waals surface area contributed by atoms with Gasteiger partial charge in [-0.25, -0.2) is 4.79 Å². The molecule has 0 saturated carbocycles. The van der Waals surface area contributed by atoms with Crippen LogP contribution >= 0.6 is 0 Å². The van der Waals surface area contributed by atoms with E-state index in [1.54, 1.807) is 26.2 Å². The lowest BCUT2D eigenvalue weighted by Crippen LogP contribution is -2.52. The Morgan fingerprint density at radius 2 is 2.04 bits per heavy atom. The quantitative estimate of drug-likeness (QED) is 0.850. The van der Waals surface area contributed by atoms with E-state index in [0.717, 1.165) is 16.9 Å². The maximum atomic E-state index is 12.6.